The SMILES string of the molecule is N#C/C(=C\c1cccc(OCC(=O)O)c1)C(=O)Nc1c(Cl)cc([N+](=O)[O-])cc1Cl. The molecule has 0 fully saturated rings. The van der Waals surface area contributed by atoms with E-state index in [1.165, 1.54) is 18.2 Å². The predicted octanol–water partition coefficient (Wildman–Crippen LogP) is 3.91. The first-order valence-electron chi connectivity index (χ1n) is 7.72. The molecule has 0 radical (unpaired) electrons. The van der Waals surface area contributed by atoms with Crippen molar-refractivity contribution in [2.24, 2.45) is 0 Å². The van der Waals surface area contributed by atoms with Crippen molar-refractivity contribution in [1.29, 1.82) is 5.26 Å². The molecule has 0 bridgehead atoms. The Morgan fingerprint density at radius 3 is 2.48 bits per heavy atom. The first-order valence-corrected chi connectivity index (χ1v) is 8.48. The van der Waals surface area contributed by atoms with Gasteiger partial charge < -0.3 is 15.2 Å². The van der Waals surface area contributed by atoms with E-state index in [0.29, 0.717) is 5.56 Å². The van der Waals surface area contributed by atoms with Crippen molar-refractivity contribution >= 4 is 52.5 Å². The average molecular weight is 436 g/mol. The van der Waals surface area contributed by atoms with Gasteiger partial charge in [-0.3, -0.25) is 14.9 Å². The summed E-state index contributed by atoms with van der Waals surface area (Å²) >= 11 is 11.9. The number of carboxylic acids is 1. The Labute approximate surface area is 173 Å². The number of halogens is 2. The number of nitrogens with zero attached hydrogens (tertiary/aromatic N) is 2. The molecule has 0 atom stereocenters. The van der Waals surface area contributed by atoms with Gasteiger partial charge in [-0.25, -0.2) is 4.79 Å². The molecule has 0 aromatic heterocycles. The van der Waals surface area contributed by atoms with Gasteiger partial charge in [-0.15, -0.1) is 0 Å². The molecular formula is C18H11Cl2N3O6. The fourth-order valence-electron chi connectivity index (χ4n) is 2.12. The topological polar surface area (TPSA) is 143 Å². The molecule has 0 heterocycles. The van der Waals surface area contributed by atoms with Gasteiger partial charge in [0.25, 0.3) is 11.6 Å². The van der Waals surface area contributed by atoms with Crippen LogP contribution in [-0.4, -0.2) is 28.5 Å². The van der Waals surface area contributed by atoms with E-state index in [9.17, 15) is 25.0 Å². The Bertz CT molecular complexity index is 1040. The van der Waals surface area contributed by atoms with Crippen LogP contribution in [0.4, 0.5) is 11.4 Å². The summed E-state index contributed by atoms with van der Waals surface area (Å²) in [7, 11) is 0. The second-order valence-electron chi connectivity index (χ2n) is 5.42. The van der Waals surface area contributed by atoms with E-state index in [2.05, 4.69) is 5.32 Å². The molecule has 9 nitrogen and oxygen atoms in total. The van der Waals surface area contributed by atoms with Gasteiger partial charge in [-0.05, 0) is 23.8 Å². The van der Waals surface area contributed by atoms with Crippen LogP contribution in [0.1, 0.15) is 5.56 Å². The zero-order valence-corrected chi connectivity index (χ0v) is 15.9. The first-order chi connectivity index (χ1) is 13.7. The van der Waals surface area contributed by atoms with Crippen LogP contribution in [0.25, 0.3) is 6.08 Å². The highest BCUT2D eigenvalue weighted by atomic mass is 35.5. The van der Waals surface area contributed by atoms with E-state index in [0.717, 1.165) is 12.1 Å². The molecule has 148 valence electrons. The van der Waals surface area contributed by atoms with Crippen molar-refractivity contribution in [2.45, 2.75) is 0 Å². The number of nitriles is 1. The van der Waals surface area contributed by atoms with E-state index in [1.54, 1.807) is 18.2 Å². The third-order valence-electron chi connectivity index (χ3n) is 3.37. The maximum atomic E-state index is 12.4. The molecule has 29 heavy (non-hydrogen) atoms. The lowest BCUT2D eigenvalue weighted by atomic mass is 10.1. The van der Waals surface area contributed by atoms with Gasteiger partial charge in [0.15, 0.2) is 6.61 Å². The van der Waals surface area contributed by atoms with Crippen molar-refractivity contribution in [3.63, 3.8) is 0 Å². The van der Waals surface area contributed by atoms with Gasteiger partial charge in [0.1, 0.15) is 17.4 Å². The standard InChI is InChI=1S/C18H11Cl2N3O6/c19-14-6-12(23(27)28)7-15(20)17(14)22-18(26)11(8-21)4-10-2-1-3-13(5-10)29-9-16(24)25/h1-7H,9H2,(H,22,26)(H,24,25)/b11-4+. The van der Waals surface area contributed by atoms with Crippen LogP contribution in [0.15, 0.2) is 42.0 Å². The lowest BCUT2D eigenvalue weighted by molar-refractivity contribution is -0.384. The number of rotatable bonds is 7. The largest absolute Gasteiger partial charge is 0.482 e. The summed E-state index contributed by atoms with van der Waals surface area (Å²) in [5.74, 6) is -1.76. The molecule has 0 saturated carbocycles. The number of carbonyl (C=O) groups excluding carboxylic acids is 1. The van der Waals surface area contributed by atoms with E-state index in [1.807, 2.05) is 0 Å². The van der Waals surface area contributed by atoms with Crippen molar-refractivity contribution in [3.05, 3.63) is 67.7 Å². The summed E-state index contributed by atoms with van der Waals surface area (Å²) in [6.45, 7) is -0.546. The maximum absolute atomic E-state index is 12.4. The summed E-state index contributed by atoms with van der Waals surface area (Å²) < 4.78 is 5.04. The minimum absolute atomic E-state index is 0.0800. The highest BCUT2D eigenvalue weighted by molar-refractivity contribution is 6.40. The molecule has 0 unspecified atom stereocenters. The summed E-state index contributed by atoms with van der Waals surface area (Å²) in [4.78, 5) is 33.1. The molecule has 2 aromatic carbocycles. The Kier molecular flexibility index (Phi) is 7.14. The molecule has 0 spiro atoms. The van der Waals surface area contributed by atoms with Crippen molar-refractivity contribution in [2.75, 3.05) is 11.9 Å². The van der Waals surface area contributed by atoms with Gasteiger partial charge >= 0.3 is 5.97 Å². The molecule has 11 heteroatoms. The van der Waals surface area contributed by atoms with E-state index in [4.69, 9.17) is 33.0 Å². The highest BCUT2D eigenvalue weighted by Crippen LogP contribution is 2.35. The van der Waals surface area contributed by atoms with E-state index >= 15 is 0 Å². The predicted molar refractivity (Wildman–Crippen MR) is 105 cm³/mol. The molecule has 0 aliphatic carbocycles. The van der Waals surface area contributed by atoms with Gasteiger partial charge in [-0.1, -0.05) is 35.3 Å². The zero-order chi connectivity index (χ0) is 21.6. The van der Waals surface area contributed by atoms with Crippen LogP contribution in [0.3, 0.4) is 0 Å². The van der Waals surface area contributed by atoms with Crippen LogP contribution < -0.4 is 10.1 Å². The summed E-state index contributed by atoms with van der Waals surface area (Å²) in [6, 6.07) is 9.85. The second-order valence-corrected chi connectivity index (χ2v) is 6.23. The Morgan fingerprint density at radius 2 is 1.93 bits per heavy atom. The van der Waals surface area contributed by atoms with E-state index < -0.39 is 23.4 Å². The van der Waals surface area contributed by atoms with Gasteiger partial charge in [0.05, 0.1) is 20.7 Å². The number of aliphatic carboxylic acids is 1. The monoisotopic (exact) mass is 435 g/mol. The fourth-order valence-corrected chi connectivity index (χ4v) is 2.69. The number of hydrogen-bond acceptors (Lipinski definition) is 6. The van der Waals surface area contributed by atoms with Crippen molar-refractivity contribution in [1.82, 2.24) is 0 Å². The minimum atomic E-state index is -1.15. The van der Waals surface area contributed by atoms with Crippen LogP contribution in [0.2, 0.25) is 10.0 Å². The number of amides is 1. The number of anilines is 1. The molecule has 0 aliphatic heterocycles. The number of nitro benzene ring substituents is 1. The molecular weight excluding hydrogens is 425 g/mol. The Morgan fingerprint density at radius 1 is 1.28 bits per heavy atom. The lowest BCUT2D eigenvalue weighted by Gasteiger charge is -2.09. The van der Waals surface area contributed by atoms with Crippen LogP contribution in [0, 0.1) is 21.4 Å². The first kappa shape index (κ1) is 21.7. The third kappa shape index (κ3) is 5.93. The molecule has 2 rings (SSSR count). The van der Waals surface area contributed by atoms with Crippen LogP contribution >= 0.6 is 23.2 Å². The van der Waals surface area contributed by atoms with Crippen molar-refractivity contribution in [3.8, 4) is 11.8 Å². The van der Waals surface area contributed by atoms with E-state index in [-0.39, 0.29) is 32.7 Å². The highest BCUT2D eigenvalue weighted by Gasteiger charge is 2.18. The maximum Gasteiger partial charge on any atom is 0.341 e. The fraction of sp³-hybridized carbons (Fsp3) is 0.0556. The number of nitro groups is 1. The molecule has 0 saturated heterocycles. The van der Waals surface area contributed by atoms with Crippen LogP contribution in [-0.2, 0) is 9.59 Å². The smallest absolute Gasteiger partial charge is 0.341 e. The number of nitrogens with one attached hydrogen (secondary N) is 1. The van der Waals surface area contributed by atoms with Crippen LogP contribution in [0.5, 0.6) is 5.75 Å². The number of hydrogen-bond donors (Lipinski definition) is 2. The summed E-state index contributed by atoms with van der Waals surface area (Å²) in [5, 5.41) is 30.8. The lowest BCUT2D eigenvalue weighted by Crippen LogP contribution is -2.14. The number of carboxylic acid groups (broad SMARTS) is 1. The minimum Gasteiger partial charge on any atom is -0.482 e. The number of benzene rings is 2. The normalized spacial score (nSPS) is 10.7. The second kappa shape index (κ2) is 9.54. The molecule has 2 aromatic rings. The quantitative estimate of drug-likeness (QED) is 0.290. The van der Waals surface area contributed by atoms with Crippen molar-refractivity contribution < 1.29 is 24.4 Å². The zero-order valence-electron chi connectivity index (χ0n) is 14.4. The molecule has 1 amide bonds. The number of carbonyl (C=O) groups is 2. The summed E-state index contributed by atoms with van der Waals surface area (Å²) in [6.07, 6.45) is 1.25. The molecule has 0 aliphatic rings. The van der Waals surface area contributed by atoms with Gasteiger partial charge in [0.2, 0.25) is 0 Å². The third-order valence-corrected chi connectivity index (χ3v) is 3.97. The van der Waals surface area contributed by atoms with Gasteiger partial charge in [-0.2, -0.15) is 5.26 Å². The van der Waals surface area contributed by atoms with Gasteiger partial charge in [0, 0.05) is 12.1 Å². The average Bonchev–Trinajstić information content (AvgIpc) is 2.67. The molecule has 2 N–H and O–H groups in total. The number of non-ortho nitro benzene ring substituents is 1. The Hall–Kier alpha value is -3.61. The Balaban J connectivity index is 2.26. The number of ether oxygens (including phenoxy) is 1. The summed E-state index contributed by atoms with van der Waals surface area (Å²) in [5.41, 5.74) is -0.345.